The second-order valence-electron chi connectivity index (χ2n) is 4.83. The number of aryl methyl sites for hydroxylation is 2. The highest BCUT2D eigenvalue weighted by Crippen LogP contribution is 2.34. The van der Waals surface area contributed by atoms with Crippen LogP contribution in [0.1, 0.15) is 32.0 Å². The Labute approximate surface area is 94.4 Å². The van der Waals surface area contributed by atoms with Crippen LogP contribution >= 0.6 is 0 Å². The van der Waals surface area contributed by atoms with Gasteiger partial charge in [-0.3, -0.25) is 0 Å². The number of nitrogens with zero attached hydrogens (tertiary/aromatic N) is 4. The number of hydrogen-bond donors (Lipinski definition) is 1. The van der Waals surface area contributed by atoms with Crippen LogP contribution in [0.4, 0.5) is 5.82 Å². The molecule has 16 heavy (non-hydrogen) atoms. The summed E-state index contributed by atoms with van der Waals surface area (Å²) in [6.45, 7) is 6.47. The van der Waals surface area contributed by atoms with Gasteiger partial charge in [0.15, 0.2) is 5.65 Å². The summed E-state index contributed by atoms with van der Waals surface area (Å²) in [5.74, 6) is 1.13. The zero-order chi connectivity index (χ0) is 11.4. The number of nitrogens with one attached hydrogen (secondary N) is 1. The van der Waals surface area contributed by atoms with Crippen LogP contribution in [0.15, 0.2) is 0 Å². The summed E-state index contributed by atoms with van der Waals surface area (Å²) in [5.41, 5.74) is 2.02. The van der Waals surface area contributed by atoms with Crippen LogP contribution in [0, 0.1) is 6.92 Å². The third-order valence-corrected chi connectivity index (χ3v) is 3.36. The fraction of sp³-hybridized carbons (Fsp3) is 0.636. The lowest BCUT2D eigenvalue weighted by molar-refractivity contribution is 0.415. The topological polar surface area (TPSA) is 47.7 Å². The van der Waals surface area contributed by atoms with E-state index in [2.05, 4.69) is 34.0 Å². The summed E-state index contributed by atoms with van der Waals surface area (Å²) in [6.07, 6.45) is 1.12. The minimum Gasteiger partial charge on any atom is -0.367 e. The third kappa shape index (κ3) is 1.11. The van der Waals surface area contributed by atoms with E-state index >= 15 is 0 Å². The predicted molar refractivity (Wildman–Crippen MR) is 63.6 cm³/mol. The molecule has 5 nitrogen and oxygen atoms in total. The van der Waals surface area contributed by atoms with Crippen LogP contribution in [-0.2, 0) is 7.05 Å². The number of anilines is 1. The average molecular weight is 219 g/mol. The van der Waals surface area contributed by atoms with Crippen molar-refractivity contribution in [3.05, 3.63) is 5.69 Å². The summed E-state index contributed by atoms with van der Waals surface area (Å²) in [7, 11) is 1.95. The molecule has 0 aromatic carbocycles. The smallest absolute Gasteiger partial charge is 0.182 e. The van der Waals surface area contributed by atoms with E-state index in [4.69, 9.17) is 0 Å². The molecule has 0 aliphatic carbocycles. The van der Waals surface area contributed by atoms with Gasteiger partial charge in [0.25, 0.3) is 0 Å². The Balaban J connectivity index is 2.32. The van der Waals surface area contributed by atoms with Crippen molar-refractivity contribution >= 4 is 16.9 Å². The molecule has 0 fully saturated rings. The van der Waals surface area contributed by atoms with Gasteiger partial charge in [0.05, 0.1) is 17.1 Å². The van der Waals surface area contributed by atoms with Gasteiger partial charge in [-0.2, -0.15) is 10.2 Å². The van der Waals surface area contributed by atoms with Crippen LogP contribution in [-0.4, -0.2) is 25.6 Å². The molecule has 0 spiro atoms. The summed E-state index contributed by atoms with van der Waals surface area (Å²) in [5, 5.41) is 13.7. The minimum atomic E-state index is 0.457. The predicted octanol–water partition coefficient (Wildman–Crippen LogP) is 1.84. The molecule has 0 bridgehead atoms. The van der Waals surface area contributed by atoms with Gasteiger partial charge in [-0.05, 0) is 27.2 Å². The maximum absolute atomic E-state index is 4.64. The van der Waals surface area contributed by atoms with Crippen molar-refractivity contribution < 1.29 is 0 Å². The Bertz CT molecular complexity index is 550. The lowest BCUT2D eigenvalue weighted by Crippen LogP contribution is -2.28. The quantitative estimate of drug-likeness (QED) is 0.735. The van der Waals surface area contributed by atoms with Crippen molar-refractivity contribution in [3.63, 3.8) is 0 Å². The van der Waals surface area contributed by atoms with Crippen molar-refractivity contribution in [2.45, 2.75) is 39.3 Å². The van der Waals surface area contributed by atoms with Crippen molar-refractivity contribution in [2.24, 2.45) is 7.05 Å². The first-order valence-corrected chi connectivity index (χ1v) is 5.76. The van der Waals surface area contributed by atoms with Gasteiger partial charge < -0.3 is 5.32 Å². The van der Waals surface area contributed by atoms with Gasteiger partial charge in [-0.15, -0.1) is 0 Å². The van der Waals surface area contributed by atoms with E-state index < -0.39 is 0 Å². The van der Waals surface area contributed by atoms with Crippen LogP contribution in [0.5, 0.6) is 0 Å². The first kappa shape index (κ1) is 9.69. The first-order chi connectivity index (χ1) is 7.58. The Kier molecular flexibility index (Phi) is 1.81. The Morgan fingerprint density at radius 2 is 2.06 bits per heavy atom. The van der Waals surface area contributed by atoms with Crippen LogP contribution in [0.25, 0.3) is 11.0 Å². The van der Waals surface area contributed by atoms with E-state index in [0.29, 0.717) is 12.1 Å². The highest BCUT2D eigenvalue weighted by Gasteiger charge is 2.26. The molecule has 0 saturated carbocycles. The van der Waals surface area contributed by atoms with Crippen molar-refractivity contribution in [2.75, 3.05) is 5.32 Å². The molecule has 3 heterocycles. The molecule has 0 radical (unpaired) electrons. The fourth-order valence-corrected chi connectivity index (χ4v) is 2.67. The second-order valence-corrected chi connectivity index (χ2v) is 4.83. The second kappa shape index (κ2) is 2.99. The molecule has 1 aliphatic heterocycles. The molecule has 2 atom stereocenters. The van der Waals surface area contributed by atoms with Crippen molar-refractivity contribution in [1.29, 1.82) is 0 Å². The molecular formula is C11H17N5. The van der Waals surface area contributed by atoms with E-state index in [1.807, 2.05) is 18.7 Å². The molecule has 86 valence electrons. The van der Waals surface area contributed by atoms with Gasteiger partial charge in [-0.25, -0.2) is 9.36 Å². The molecule has 1 aliphatic rings. The average Bonchev–Trinajstić information content (AvgIpc) is 2.67. The van der Waals surface area contributed by atoms with E-state index in [1.165, 1.54) is 5.39 Å². The first-order valence-electron chi connectivity index (χ1n) is 5.76. The summed E-state index contributed by atoms with van der Waals surface area (Å²) in [4.78, 5) is 0. The summed E-state index contributed by atoms with van der Waals surface area (Å²) in [6, 6.07) is 0.958. The Morgan fingerprint density at radius 1 is 1.31 bits per heavy atom. The normalized spacial score (nSPS) is 24.5. The summed E-state index contributed by atoms with van der Waals surface area (Å²) < 4.78 is 3.95. The molecule has 2 unspecified atom stereocenters. The molecular weight excluding hydrogens is 202 g/mol. The molecule has 5 heteroatoms. The number of rotatable bonds is 0. The maximum atomic E-state index is 4.64. The lowest BCUT2D eigenvalue weighted by Gasteiger charge is -2.28. The molecule has 1 N–H and O–H groups in total. The van der Waals surface area contributed by atoms with Crippen LogP contribution < -0.4 is 5.32 Å². The monoisotopic (exact) mass is 219 g/mol. The standard InChI is InChI=1S/C11H17N5/c1-6-5-7(2)16-10(12-6)9-8(3)13-15(4)11(9)14-16/h6-7,12H,5H2,1-4H3. The highest BCUT2D eigenvalue weighted by molar-refractivity contribution is 5.90. The van der Waals surface area contributed by atoms with Crippen LogP contribution in [0.2, 0.25) is 0 Å². The minimum absolute atomic E-state index is 0.457. The number of aromatic nitrogens is 4. The van der Waals surface area contributed by atoms with Gasteiger partial charge >= 0.3 is 0 Å². The molecule has 3 rings (SSSR count). The van der Waals surface area contributed by atoms with Gasteiger partial charge in [-0.1, -0.05) is 0 Å². The van der Waals surface area contributed by atoms with Gasteiger partial charge in [0.2, 0.25) is 0 Å². The molecule has 2 aromatic heterocycles. The van der Waals surface area contributed by atoms with E-state index in [-0.39, 0.29) is 0 Å². The Morgan fingerprint density at radius 3 is 2.81 bits per heavy atom. The summed E-state index contributed by atoms with van der Waals surface area (Å²) >= 11 is 0. The van der Waals surface area contributed by atoms with Gasteiger partial charge in [0, 0.05) is 13.1 Å². The molecule has 2 aromatic rings. The van der Waals surface area contributed by atoms with Crippen LogP contribution in [0.3, 0.4) is 0 Å². The Hall–Kier alpha value is -1.52. The number of fused-ring (bicyclic) bond motifs is 3. The zero-order valence-electron chi connectivity index (χ0n) is 10.2. The molecule has 0 saturated heterocycles. The maximum Gasteiger partial charge on any atom is 0.182 e. The fourth-order valence-electron chi connectivity index (χ4n) is 2.67. The van der Waals surface area contributed by atoms with E-state index in [9.17, 15) is 0 Å². The van der Waals surface area contributed by atoms with E-state index in [0.717, 1.165) is 23.6 Å². The lowest BCUT2D eigenvalue weighted by atomic mass is 10.1. The molecule has 0 amide bonds. The zero-order valence-corrected chi connectivity index (χ0v) is 10.2. The number of hydrogen-bond acceptors (Lipinski definition) is 3. The van der Waals surface area contributed by atoms with Gasteiger partial charge in [0.1, 0.15) is 5.82 Å². The van der Waals surface area contributed by atoms with Crippen molar-refractivity contribution in [1.82, 2.24) is 19.6 Å². The third-order valence-electron chi connectivity index (χ3n) is 3.36. The van der Waals surface area contributed by atoms with Crippen molar-refractivity contribution in [3.8, 4) is 0 Å². The highest BCUT2D eigenvalue weighted by atomic mass is 15.4. The largest absolute Gasteiger partial charge is 0.367 e. The van der Waals surface area contributed by atoms with E-state index in [1.54, 1.807) is 0 Å². The SMILES string of the molecule is Cc1nn(C)c2nn3c(c12)NC(C)CC3C.